The summed E-state index contributed by atoms with van der Waals surface area (Å²) in [5.74, 6) is 0.975. The lowest BCUT2D eigenvalue weighted by molar-refractivity contribution is 0.474. The maximum atomic E-state index is 10.2. The van der Waals surface area contributed by atoms with Crippen molar-refractivity contribution < 1.29 is 14.6 Å². The lowest BCUT2D eigenvalue weighted by Gasteiger charge is -2.08. The number of allylic oxidation sites excluding steroid dienone is 1. The van der Waals surface area contributed by atoms with Crippen molar-refractivity contribution in [3.05, 3.63) is 77.9 Å². The number of aryl methyl sites for hydroxylation is 1. The van der Waals surface area contributed by atoms with Crippen LogP contribution in [0.4, 0.5) is 0 Å². The summed E-state index contributed by atoms with van der Waals surface area (Å²) in [5, 5.41) is 29.6. The van der Waals surface area contributed by atoms with Gasteiger partial charge in [-0.1, -0.05) is 24.3 Å². The Morgan fingerprint density at radius 3 is 2.46 bits per heavy atom. The molecule has 0 fully saturated rings. The summed E-state index contributed by atoms with van der Waals surface area (Å²) < 4.78 is 6.24. The molecule has 0 radical (unpaired) electrons. The summed E-state index contributed by atoms with van der Waals surface area (Å²) in [7, 11) is 0. The van der Waals surface area contributed by atoms with Crippen molar-refractivity contribution in [2.45, 2.75) is 6.92 Å². The molecule has 28 heavy (non-hydrogen) atoms. The summed E-state index contributed by atoms with van der Waals surface area (Å²) >= 11 is 0. The minimum atomic E-state index is 0.161. The van der Waals surface area contributed by atoms with Gasteiger partial charge < -0.3 is 14.6 Å². The Balaban J connectivity index is 2.10. The van der Waals surface area contributed by atoms with Crippen molar-refractivity contribution in [2.75, 3.05) is 0 Å². The zero-order valence-corrected chi connectivity index (χ0v) is 15.2. The third-order valence-corrected chi connectivity index (χ3v) is 4.66. The predicted molar refractivity (Wildman–Crippen MR) is 110 cm³/mol. The van der Waals surface area contributed by atoms with E-state index in [1.165, 1.54) is 6.08 Å². The van der Waals surface area contributed by atoms with Crippen molar-refractivity contribution in [3.8, 4) is 40.0 Å². The van der Waals surface area contributed by atoms with Crippen LogP contribution in [0.25, 0.3) is 39.5 Å². The van der Waals surface area contributed by atoms with Crippen LogP contribution in [-0.4, -0.2) is 10.2 Å². The third-order valence-electron chi connectivity index (χ3n) is 4.66. The zero-order chi connectivity index (χ0) is 19.7. The van der Waals surface area contributed by atoms with Crippen LogP contribution in [0, 0.1) is 18.3 Å². The number of benzene rings is 3. The van der Waals surface area contributed by atoms with Crippen LogP contribution in [0.15, 0.2) is 71.2 Å². The minimum absolute atomic E-state index is 0.161. The summed E-state index contributed by atoms with van der Waals surface area (Å²) in [4.78, 5) is 0. The number of hydrogen-bond acceptors (Lipinski definition) is 4. The molecule has 0 aliphatic heterocycles. The Bertz CT molecular complexity index is 1240. The molecule has 4 nitrogen and oxygen atoms in total. The first-order valence-corrected chi connectivity index (χ1v) is 8.79. The Hall–Kier alpha value is -3.97. The molecule has 1 aromatic heterocycles. The van der Waals surface area contributed by atoms with Gasteiger partial charge >= 0.3 is 0 Å². The fourth-order valence-electron chi connectivity index (χ4n) is 3.43. The Labute approximate surface area is 162 Å². The molecule has 2 N–H and O–H groups in total. The van der Waals surface area contributed by atoms with E-state index < -0.39 is 0 Å². The van der Waals surface area contributed by atoms with Crippen LogP contribution in [0.2, 0.25) is 0 Å². The summed E-state index contributed by atoms with van der Waals surface area (Å²) in [5.41, 5.74) is 4.91. The average molecular weight is 367 g/mol. The normalized spacial score (nSPS) is 11.1. The number of phenols is 2. The molecular formula is C24H17NO3. The maximum Gasteiger partial charge on any atom is 0.143 e. The Morgan fingerprint density at radius 1 is 0.964 bits per heavy atom. The minimum Gasteiger partial charge on any atom is -0.508 e. The highest BCUT2D eigenvalue weighted by atomic mass is 16.3. The molecule has 0 atom stereocenters. The third kappa shape index (κ3) is 3.00. The molecule has 0 spiro atoms. The topological polar surface area (TPSA) is 77.4 Å². The van der Waals surface area contributed by atoms with Crippen LogP contribution in [0.1, 0.15) is 11.1 Å². The molecule has 136 valence electrons. The van der Waals surface area contributed by atoms with Gasteiger partial charge in [-0.25, -0.2) is 0 Å². The van der Waals surface area contributed by atoms with E-state index >= 15 is 0 Å². The Morgan fingerprint density at radius 2 is 1.71 bits per heavy atom. The lowest BCUT2D eigenvalue weighted by atomic mass is 9.94. The summed E-state index contributed by atoms with van der Waals surface area (Å²) in [6.45, 7) is 1.89. The van der Waals surface area contributed by atoms with Crippen LogP contribution in [-0.2, 0) is 0 Å². The molecule has 0 saturated carbocycles. The van der Waals surface area contributed by atoms with Gasteiger partial charge in [0.25, 0.3) is 0 Å². The highest BCUT2D eigenvalue weighted by molar-refractivity contribution is 6.05. The number of hydrogen-bond donors (Lipinski definition) is 2. The molecule has 4 heteroatoms. The van der Waals surface area contributed by atoms with Crippen LogP contribution >= 0.6 is 0 Å². The quantitative estimate of drug-likeness (QED) is 0.434. The van der Waals surface area contributed by atoms with E-state index in [9.17, 15) is 10.2 Å². The maximum absolute atomic E-state index is 10.2. The van der Waals surface area contributed by atoms with Gasteiger partial charge in [0.05, 0.1) is 6.07 Å². The molecule has 0 saturated heterocycles. The van der Waals surface area contributed by atoms with Crippen molar-refractivity contribution in [3.63, 3.8) is 0 Å². The van der Waals surface area contributed by atoms with Crippen LogP contribution < -0.4 is 0 Å². The molecular weight excluding hydrogens is 350 g/mol. The first kappa shape index (κ1) is 17.4. The fourth-order valence-corrected chi connectivity index (χ4v) is 3.43. The van der Waals surface area contributed by atoms with Crippen molar-refractivity contribution in [2.24, 2.45) is 0 Å². The molecule has 4 rings (SSSR count). The number of nitrogens with zero attached hydrogens (tertiary/aromatic N) is 1. The second kappa shape index (κ2) is 6.98. The SMILES string of the molecule is Cc1cc(O)cc2c(-c3ccccc3C=CC#N)c(-c3ccc(O)cc3)oc12. The predicted octanol–water partition coefficient (Wildman–Crippen LogP) is 6.02. The zero-order valence-electron chi connectivity index (χ0n) is 15.2. The largest absolute Gasteiger partial charge is 0.508 e. The number of aromatic hydroxyl groups is 2. The number of rotatable bonds is 3. The second-order valence-electron chi connectivity index (χ2n) is 6.54. The number of fused-ring (bicyclic) bond motifs is 1. The van der Waals surface area contributed by atoms with Crippen molar-refractivity contribution >= 4 is 17.0 Å². The van der Waals surface area contributed by atoms with Gasteiger partial charge in [-0.05, 0) is 66.1 Å². The van der Waals surface area contributed by atoms with Crippen LogP contribution in [0.3, 0.4) is 0 Å². The van der Waals surface area contributed by atoms with E-state index in [0.29, 0.717) is 11.3 Å². The van der Waals surface area contributed by atoms with Gasteiger partial charge in [-0.15, -0.1) is 0 Å². The summed E-state index contributed by atoms with van der Waals surface area (Å²) in [6, 6.07) is 19.9. The molecule has 4 aromatic rings. The van der Waals surface area contributed by atoms with Gasteiger partial charge in [0.15, 0.2) is 0 Å². The van der Waals surface area contributed by atoms with Crippen molar-refractivity contribution in [1.29, 1.82) is 5.26 Å². The average Bonchev–Trinajstić information content (AvgIpc) is 3.06. The molecule has 0 unspecified atom stereocenters. The molecule has 0 aliphatic carbocycles. The van der Waals surface area contributed by atoms with Gasteiger partial charge in [-0.2, -0.15) is 5.26 Å². The summed E-state index contributed by atoms with van der Waals surface area (Å²) in [6.07, 6.45) is 3.19. The second-order valence-corrected chi connectivity index (χ2v) is 6.54. The molecule has 0 amide bonds. The van der Waals surface area contributed by atoms with Gasteiger partial charge in [0.2, 0.25) is 0 Å². The van der Waals surface area contributed by atoms with E-state index in [1.54, 1.807) is 42.5 Å². The van der Waals surface area contributed by atoms with E-state index in [1.807, 2.05) is 37.3 Å². The molecule has 1 heterocycles. The van der Waals surface area contributed by atoms with Gasteiger partial charge in [0, 0.05) is 22.6 Å². The Kier molecular flexibility index (Phi) is 4.35. The molecule has 0 bridgehead atoms. The number of phenolic OH excluding ortho intramolecular Hbond substituents is 2. The van der Waals surface area contributed by atoms with E-state index in [0.717, 1.165) is 33.2 Å². The van der Waals surface area contributed by atoms with Crippen molar-refractivity contribution in [1.82, 2.24) is 0 Å². The molecule has 0 aliphatic rings. The van der Waals surface area contributed by atoms with E-state index in [-0.39, 0.29) is 11.5 Å². The standard InChI is InChI=1S/C24H17NO3/c1-15-13-19(27)14-21-22(20-7-3-2-5-16(20)6-4-12-25)24(28-23(15)21)17-8-10-18(26)11-9-17/h2-11,13-14,26-27H,1H3. The number of furan rings is 1. The van der Waals surface area contributed by atoms with E-state index in [4.69, 9.17) is 9.68 Å². The first-order chi connectivity index (χ1) is 13.6. The smallest absolute Gasteiger partial charge is 0.143 e. The highest BCUT2D eigenvalue weighted by Gasteiger charge is 2.21. The number of nitriles is 1. The monoisotopic (exact) mass is 367 g/mol. The fraction of sp³-hybridized carbons (Fsp3) is 0.0417. The first-order valence-electron chi connectivity index (χ1n) is 8.79. The van der Waals surface area contributed by atoms with Gasteiger partial charge in [0.1, 0.15) is 22.8 Å². The van der Waals surface area contributed by atoms with Gasteiger partial charge in [-0.3, -0.25) is 0 Å². The van der Waals surface area contributed by atoms with E-state index in [2.05, 4.69) is 0 Å². The molecule has 3 aromatic carbocycles. The lowest BCUT2D eigenvalue weighted by Crippen LogP contribution is -1.85. The highest BCUT2D eigenvalue weighted by Crippen LogP contribution is 2.44. The van der Waals surface area contributed by atoms with Crippen LogP contribution in [0.5, 0.6) is 11.5 Å².